The summed E-state index contributed by atoms with van der Waals surface area (Å²) in [6, 6.07) is 12.3. The van der Waals surface area contributed by atoms with Crippen molar-refractivity contribution in [2.45, 2.75) is 26.2 Å². The van der Waals surface area contributed by atoms with Gasteiger partial charge in [0.2, 0.25) is 5.91 Å². The number of carbonyl (C=O) groups excluding carboxylic acids is 2. The Hall–Kier alpha value is -2.15. The summed E-state index contributed by atoms with van der Waals surface area (Å²) in [6.45, 7) is 4.21. The first kappa shape index (κ1) is 24.9. The van der Waals surface area contributed by atoms with Crippen molar-refractivity contribution in [2.24, 2.45) is 11.8 Å². The standard InChI is InChI=1S/C21H26N4O2.2ClH/c1-15(16-8-11-22-12-9-16)13-20(26)24-18-6-4-5-17(14-18)21(27)25-19-7-2-3-10-23-19;;/h2-7,10,14-16,22H,8-9,11-13H2,1H3,(H,24,26)(H,23,25,27);2*1H. The van der Waals surface area contributed by atoms with Crippen LogP contribution in [0.1, 0.15) is 36.5 Å². The predicted molar refractivity (Wildman–Crippen MR) is 121 cm³/mol. The molecule has 158 valence electrons. The van der Waals surface area contributed by atoms with Crippen LogP contribution in [0.15, 0.2) is 48.7 Å². The Bertz CT molecular complexity index is 783. The van der Waals surface area contributed by atoms with Crippen LogP contribution in [-0.4, -0.2) is 29.9 Å². The number of nitrogens with one attached hydrogen (secondary N) is 3. The van der Waals surface area contributed by atoms with Crippen LogP contribution in [0.25, 0.3) is 0 Å². The molecule has 29 heavy (non-hydrogen) atoms. The maximum absolute atomic E-state index is 12.4. The minimum atomic E-state index is -0.257. The molecular weight excluding hydrogens is 411 g/mol. The SMILES string of the molecule is CC(CC(=O)Nc1cccc(C(=O)Nc2ccccn2)c1)C1CCNCC1.Cl.Cl. The van der Waals surface area contributed by atoms with Gasteiger partial charge >= 0.3 is 0 Å². The van der Waals surface area contributed by atoms with Gasteiger partial charge in [0.25, 0.3) is 5.91 Å². The van der Waals surface area contributed by atoms with Gasteiger partial charge in [0, 0.05) is 23.9 Å². The number of nitrogens with zero attached hydrogens (tertiary/aromatic N) is 1. The van der Waals surface area contributed by atoms with Gasteiger partial charge in [-0.2, -0.15) is 0 Å². The molecule has 1 aromatic carbocycles. The summed E-state index contributed by atoms with van der Waals surface area (Å²) < 4.78 is 0. The minimum Gasteiger partial charge on any atom is -0.326 e. The first-order valence-electron chi connectivity index (χ1n) is 9.45. The van der Waals surface area contributed by atoms with Gasteiger partial charge in [-0.25, -0.2) is 4.98 Å². The van der Waals surface area contributed by atoms with E-state index >= 15 is 0 Å². The molecule has 1 atom stereocenters. The van der Waals surface area contributed by atoms with Crippen LogP contribution < -0.4 is 16.0 Å². The maximum atomic E-state index is 12.4. The highest BCUT2D eigenvalue weighted by Gasteiger charge is 2.22. The van der Waals surface area contributed by atoms with Gasteiger partial charge < -0.3 is 16.0 Å². The van der Waals surface area contributed by atoms with Gasteiger partial charge in [0.15, 0.2) is 0 Å². The van der Waals surface area contributed by atoms with E-state index in [4.69, 9.17) is 0 Å². The minimum absolute atomic E-state index is 0. The quantitative estimate of drug-likeness (QED) is 0.632. The topological polar surface area (TPSA) is 83.1 Å². The van der Waals surface area contributed by atoms with Gasteiger partial charge in [-0.15, -0.1) is 24.8 Å². The second-order valence-corrected chi connectivity index (χ2v) is 7.07. The molecule has 1 saturated heterocycles. The highest BCUT2D eigenvalue weighted by molar-refractivity contribution is 6.04. The third kappa shape index (κ3) is 7.65. The molecule has 1 aliphatic heterocycles. The Morgan fingerprint density at radius 2 is 1.86 bits per heavy atom. The maximum Gasteiger partial charge on any atom is 0.256 e. The van der Waals surface area contributed by atoms with Crippen LogP contribution in [0, 0.1) is 11.8 Å². The molecule has 1 unspecified atom stereocenters. The number of carbonyl (C=O) groups is 2. The molecule has 3 N–H and O–H groups in total. The van der Waals surface area contributed by atoms with Crippen molar-refractivity contribution in [2.75, 3.05) is 23.7 Å². The highest BCUT2D eigenvalue weighted by atomic mass is 35.5. The average molecular weight is 439 g/mol. The van der Waals surface area contributed by atoms with Crippen LogP contribution in [0.3, 0.4) is 0 Å². The first-order valence-corrected chi connectivity index (χ1v) is 9.45. The molecule has 8 heteroatoms. The molecule has 1 aromatic heterocycles. The number of amides is 2. The predicted octanol–water partition coefficient (Wildman–Crippen LogP) is 4.14. The van der Waals surface area contributed by atoms with Crippen LogP contribution in [0.4, 0.5) is 11.5 Å². The zero-order valence-corrected chi connectivity index (χ0v) is 18.0. The highest BCUT2D eigenvalue weighted by Crippen LogP contribution is 2.24. The Kier molecular flexibility index (Phi) is 10.7. The van der Waals surface area contributed by atoms with E-state index in [0.29, 0.717) is 35.3 Å². The Labute approximate surface area is 184 Å². The number of halogens is 2. The number of benzene rings is 1. The first-order chi connectivity index (χ1) is 13.1. The Balaban J connectivity index is 0.00000210. The molecular formula is C21H28Cl2N4O2. The van der Waals surface area contributed by atoms with Crippen LogP contribution in [0.2, 0.25) is 0 Å². The Morgan fingerprint density at radius 1 is 1.10 bits per heavy atom. The lowest BCUT2D eigenvalue weighted by molar-refractivity contribution is -0.117. The summed E-state index contributed by atoms with van der Waals surface area (Å²) in [6.07, 6.45) is 4.36. The summed E-state index contributed by atoms with van der Waals surface area (Å²) in [5.41, 5.74) is 1.11. The molecule has 2 heterocycles. The fourth-order valence-corrected chi connectivity index (χ4v) is 3.45. The summed E-state index contributed by atoms with van der Waals surface area (Å²) in [7, 11) is 0. The average Bonchev–Trinajstić information content (AvgIpc) is 2.69. The van der Waals surface area contributed by atoms with Crippen molar-refractivity contribution in [3.63, 3.8) is 0 Å². The Morgan fingerprint density at radius 3 is 2.55 bits per heavy atom. The summed E-state index contributed by atoms with van der Waals surface area (Å²) in [5, 5.41) is 9.02. The van der Waals surface area contributed by atoms with Crippen molar-refractivity contribution < 1.29 is 9.59 Å². The van der Waals surface area contributed by atoms with Crippen LogP contribution >= 0.6 is 24.8 Å². The molecule has 0 spiro atoms. The molecule has 2 aromatic rings. The zero-order chi connectivity index (χ0) is 19.1. The van der Waals surface area contributed by atoms with Crippen LogP contribution in [0.5, 0.6) is 0 Å². The molecule has 0 bridgehead atoms. The van der Waals surface area contributed by atoms with Gasteiger partial charge in [-0.05, 0) is 68.1 Å². The smallest absolute Gasteiger partial charge is 0.256 e. The number of pyridine rings is 1. The number of hydrogen-bond donors (Lipinski definition) is 3. The number of rotatable bonds is 6. The van der Waals surface area contributed by atoms with E-state index in [1.165, 1.54) is 0 Å². The van der Waals surface area contributed by atoms with E-state index in [1.807, 2.05) is 6.07 Å². The largest absolute Gasteiger partial charge is 0.326 e. The van der Waals surface area contributed by atoms with Gasteiger partial charge in [-0.1, -0.05) is 19.1 Å². The summed E-state index contributed by atoms with van der Waals surface area (Å²) >= 11 is 0. The fraction of sp³-hybridized carbons (Fsp3) is 0.381. The van der Waals surface area contributed by atoms with Gasteiger partial charge in [-0.3, -0.25) is 9.59 Å². The molecule has 1 fully saturated rings. The van der Waals surface area contributed by atoms with E-state index in [0.717, 1.165) is 25.9 Å². The van der Waals surface area contributed by atoms with E-state index in [1.54, 1.807) is 42.6 Å². The van der Waals surface area contributed by atoms with Gasteiger partial charge in [0.1, 0.15) is 5.82 Å². The third-order valence-electron chi connectivity index (χ3n) is 5.01. The van der Waals surface area contributed by atoms with Crippen molar-refractivity contribution >= 4 is 48.1 Å². The van der Waals surface area contributed by atoms with Crippen LogP contribution in [-0.2, 0) is 4.79 Å². The molecule has 0 aliphatic carbocycles. The van der Waals surface area contributed by atoms with Crippen molar-refractivity contribution in [3.05, 3.63) is 54.2 Å². The summed E-state index contributed by atoms with van der Waals surface area (Å²) in [5.74, 6) is 1.17. The molecule has 2 amide bonds. The fourth-order valence-electron chi connectivity index (χ4n) is 3.45. The monoisotopic (exact) mass is 438 g/mol. The summed E-state index contributed by atoms with van der Waals surface area (Å²) in [4.78, 5) is 28.9. The van der Waals surface area contributed by atoms with Crippen molar-refractivity contribution in [1.82, 2.24) is 10.3 Å². The van der Waals surface area contributed by atoms with E-state index in [9.17, 15) is 9.59 Å². The molecule has 3 rings (SSSR count). The molecule has 1 aliphatic rings. The zero-order valence-electron chi connectivity index (χ0n) is 16.4. The number of piperidine rings is 1. The normalized spacial score (nSPS) is 14.7. The second-order valence-electron chi connectivity index (χ2n) is 7.07. The molecule has 6 nitrogen and oxygen atoms in total. The van der Waals surface area contributed by atoms with Gasteiger partial charge in [0.05, 0.1) is 0 Å². The molecule has 0 saturated carbocycles. The third-order valence-corrected chi connectivity index (χ3v) is 5.01. The number of anilines is 2. The lowest BCUT2D eigenvalue weighted by Gasteiger charge is -2.27. The second kappa shape index (κ2) is 12.4. The number of aromatic nitrogens is 1. The molecule has 0 radical (unpaired) electrons. The van der Waals surface area contributed by atoms with E-state index in [2.05, 4.69) is 27.9 Å². The van der Waals surface area contributed by atoms with Crippen molar-refractivity contribution in [3.8, 4) is 0 Å². The van der Waals surface area contributed by atoms with Crippen molar-refractivity contribution in [1.29, 1.82) is 0 Å². The lowest BCUT2D eigenvalue weighted by Crippen LogP contribution is -2.32. The van der Waals surface area contributed by atoms with E-state index < -0.39 is 0 Å². The number of hydrogen-bond acceptors (Lipinski definition) is 4. The van der Waals surface area contributed by atoms with E-state index in [-0.39, 0.29) is 36.6 Å². The lowest BCUT2D eigenvalue weighted by atomic mass is 9.84.